The number of piperazine rings is 1. The Morgan fingerprint density at radius 3 is 2.27 bits per heavy atom. The lowest BCUT2D eigenvalue weighted by molar-refractivity contribution is 0.216. The zero-order valence-electron chi connectivity index (χ0n) is 25.4. The first-order chi connectivity index (χ1) is 21.4. The van der Waals surface area contributed by atoms with Gasteiger partial charge in [-0.2, -0.15) is 0 Å². The highest BCUT2D eigenvalue weighted by Gasteiger charge is 2.24. The molecule has 0 aliphatic carbocycles. The second-order valence-electron chi connectivity index (χ2n) is 11.5. The molecular formula is C36H37Cl2N5S. The summed E-state index contributed by atoms with van der Waals surface area (Å²) in [5, 5.41) is 5.00. The maximum atomic E-state index is 6.21. The van der Waals surface area contributed by atoms with E-state index in [1.807, 2.05) is 42.1 Å². The van der Waals surface area contributed by atoms with Crippen molar-refractivity contribution in [1.29, 1.82) is 0 Å². The van der Waals surface area contributed by atoms with Gasteiger partial charge < -0.3 is 20.0 Å². The van der Waals surface area contributed by atoms with Gasteiger partial charge in [0.15, 0.2) is 0 Å². The second kappa shape index (κ2) is 13.8. The quantitative estimate of drug-likeness (QED) is 0.213. The van der Waals surface area contributed by atoms with Crippen LogP contribution in [0.2, 0.25) is 10.0 Å². The Balaban J connectivity index is 0.000000157. The highest BCUT2D eigenvalue weighted by molar-refractivity contribution is 7.99. The van der Waals surface area contributed by atoms with Gasteiger partial charge in [0.1, 0.15) is 5.84 Å². The number of nitrogens with zero attached hydrogens (tertiary/aromatic N) is 4. The first-order valence-corrected chi connectivity index (χ1v) is 16.5. The van der Waals surface area contributed by atoms with Gasteiger partial charge in [-0.25, -0.2) is 4.99 Å². The minimum absolute atomic E-state index is 0.706. The van der Waals surface area contributed by atoms with Crippen molar-refractivity contribution in [3.05, 3.63) is 118 Å². The van der Waals surface area contributed by atoms with Crippen molar-refractivity contribution in [3.8, 4) is 0 Å². The number of nitrogens with one attached hydrogen (secondary N) is 1. The lowest BCUT2D eigenvalue weighted by atomic mass is 9.96. The van der Waals surface area contributed by atoms with Gasteiger partial charge in [-0.3, -0.25) is 0 Å². The third-order valence-electron chi connectivity index (χ3n) is 7.98. The predicted molar refractivity (Wildman–Crippen MR) is 189 cm³/mol. The van der Waals surface area contributed by atoms with Crippen molar-refractivity contribution < 1.29 is 0 Å². The maximum Gasteiger partial charge on any atom is 0.138 e. The van der Waals surface area contributed by atoms with Crippen molar-refractivity contribution in [1.82, 2.24) is 14.7 Å². The van der Waals surface area contributed by atoms with Crippen LogP contribution in [0.3, 0.4) is 0 Å². The Hall–Kier alpha value is -3.26. The summed E-state index contributed by atoms with van der Waals surface area (Å²) < 4.78 is 0. The molecule has 0 unspecified atom stereocenters. The molecule has 44 heavy (non-hydrogen) atoms. The summed E-state index contributed by atoms with van der Waals surface area (Å²) in [7, 11) is 6.37. The van der Waals surface area contributed by atoms with Crippen LogP contribution in [0.25, 0.3) is 5.57 Å². The average molecular weight is 643 g/mol. The summed E-state index contributed by atoms with van der Waals surface area (Å²) in [6.45, 7) is 5.13. The number of amidine groups is 1. The van der Waals surface area contributed by atoms with E-state index in [-0.39, 0.29) is 0 Å². The van der Waals surface area contributed by atoms with Crippen molar-refractivity contribution in [2.75, 3.05) is 59.2 Å². The largest absolute Gasteiger partial charge is 0.353 e. The van der Waals surface area contributed by atoms with Crippen molar-refractivity contribution in [3.63, 3.8) is 0 Å². The van der Waals surface area contributed by atoms with E-state index in [0.717, 1.165) is 72.6 Å². The summed E-state index contributed by atoms with van der Waals surface area (Å²) in [5.41, 5.74) is 7.99. The number of halogens is 2. The van der Waals surface area contributed by atoms with E-state index in [2.05, 4.69) is 102 Å². The van der Waals surface area contributed by atoms with Crippen LogP contribution in [0.4, 0.5) is 17.1 Å². The van der Waals surface area contributed by atoms with Crippen LogP contribution in [0.5, 0.6) is 0 Å². The van der Waals surface area contributed by atoms with E-state index in [4.69, 9.17) is 28.2 Å². The molecule has 0 saturated carbocycles. The lowest BCUT2D eigenvalue weighted by Gasteiger charge is -2.34. The summed E-state index contributed by atoms with van der Waals surface area (Å²) in [6, 6.07) is 28.9. The highest BCUT2D eigenvalue weighted by atomic mass is 35.5. The van der Waals surface area contributed by atoms with Crippen LogP contribution in [0.15, 0.2) is 106 Å². The van der Waals surface area contributed by atoms with Gasteiger partial charge in [0.2, 0.25) is 0 Å². The fourth-order valence-corrected chi connectivity index (χ4v) is 7.02. The number of anilines is 2. The number of likely N-dealkylation sites (N-methyl/N-ethyl adjacent to an activating group) is 1. The van der Waals surface area contributed by atoms with Gasteiger partial charge in [0.05, 0.1) is 11.4 Å². The fourth-order valence-electron chi connectivity index (χ4n) is 5.60. The summed E-state index contributed by atoms with van der Waals surface area (Å²) in [6.07, 6.45) is 3.38. The van der Waals surface area contributed by atoms with Gasteiger partial charge in [-0.1, -0.05) is 71.4 Å². The lowest BCUT2D eigenvalue weighted by Crippen LogP contribution is -2.47. The van der Waals surface area contributed by atoms with Gasteiger partial charge >= 0.3 is 0 Å². The minimum atomic E-state index is 0.706. The number of aliphatic imine (C=N–C) groups is 1. The molecule has 4 aromatic rings. The minimum Gasteiger partial charge on any atom is -0.353 e. The molecule has 226 valence electrons. The Morgan fingerprint density at radius 1 is 0.795 bits per heavy atom. The third-order valence-corrected chi connectivity index (χ3v) is 9.60. The number of hydrogen-bond acceptors (Lipinski definition) is 6. The Kier molecular flexibility index (Phi) is 9.65. The number of hydrogen-bond donors (Lipinski definition) is 1. The molecule has 3 aliphatic heterocycles. The molecule has 3 aliphatic rings. The predicted octanol–water partition coefficient (Wildman–Crippen LogP) is 8.91. The zero-order valence-corrected chi connectivity index (χ0v) is 27.7. The smallest absolute Gasteiger partial charge is 0.138 e. The van der Waals surface area contributed by atoms with E-state index in [1.165, 1.54) is 26.5 Å². The first-order valence-electron chi connectivity index (χ1n) is 15.0. The molecule has 0 amide bonds. The highest BCUT2D eigenvalue weighted by Crippen LogP contribution is 2.46. The number of benzene rings is 4. The van der Waals surface area contributed by atoms with E-state index < -0.39 is 0 Å². The van der Waals surface area contributed by atoms with Gasteiger partial charge in [0.25, 0.3) is 0 Å². The number of fused-ring (bicyclic) bond motifs is 4. The molecule has 0 atom stereocenters. The first kappa shape index (κ1) is 30.8. The molecule has 5 nitrogen and oxygen atoms in total. The molecule has 7 rings (SSSR count). The van der Waals surface area contributed by atoms with Crippen LogP contribution >= 0.6 is 35.0 Å². The maximum absolute atomic E-state index is 6.21. The normalized spacial score (nSPS) is 16.5. The molecule has 0 radical (unpaired) electrons. The van der Waals surface area contributed by atoms with Crippen molar-refractivity contribution in [2.45, 2.75) is 16.2 Å². The second-order valence-corrected chi connectivity index (χ2v) is 13.5. The van der Waals surface area contributed by atoms with Crippen LogP contribution in [-0.4, -0.2) is 74.4 Å². The van der Waals surface area contributed by atoms with Crippen LogP contribution in [0, 0.1) is 0 Å². The summed E-state index contributed by atoms with van der Waals surface area (Å²) in [4.78, 5) is 14.5. The molecule has 0 spiro atoms. The molecule has 0 bridgehead atoms. The van der Waals surface area contributed by atoms with Crippen molar-refractivity contribution in [2.24, 2.45) is 4.99 Å². The van der Waals surface area contributed by atoms with E-state index in [0.29, 0.717) is 5.02 Å². The molecule has 1 saturated heterocycles. The Labute approximate surface area is 275 Å². The van der Waals surface area contributed by atoms with E-state index in [9.17, 15) is 0 Å². The number of para-hydroxylation sites is 1. The van der Waals surface area contributed by atoms with Gasteiger partial charge in [-0.05, 0) is 98.9 Å². The van der Waals surface area contributed by atoms with Crippen LogP contribution in [0.1, 0.15) is 23.1 Å². The molecule has 1 N–H and O–H groups in total. The topological polar surface area (TPSA) is 34.1 Å². The molecule has 4 aromatic carbocycles. The standard InChI is InChI=1S/C18H19ClN4.C18H18ClNS/c1-22-8-10-23(11-9-22)18-14-4-2-3-5-15(14)20-16-7-6-13(19)12-17(16)21-18;1-20(2)11-5-7-14-15-6-3-4-8-17(15)21-18-10-9-13(19)12-16(14)18/h2-7,12,20H,8-11H2,1H3;3-4,6-10,12H,5,11H2,1-2H3/b;14-7+. The fraction of sp³-hybridized carbons (Fsp3) is 0.250. The average Bonchev–Trinajstić information content (AvgIpc) is 3.18. The summed E-state index contributed by atoms with van der Waals surface area (Å²) >= 11 is 14.2. The van der Waals surface area contributed by atoms with Crippen LogP contribution in [-0.2, 0) is 0 Å². The van der Waals surface area contributed by atoms with Gasteiger partial charge in [-0.15, -0.1) is 0 Å². The molecular weight excluding hydrogens is 605 g/mol. The SMILES string of the molecule is CN(C)CC/C=C1\c2ccccc2Sc2ccc(Cl)cc21.CN1CCN(C2=Nc3cc(Cl)ccc3Nc3ccccc32)CC1. The molecule has 1 fully saturated rings. The molecule has 0 aromatic heterocycles. The number of rotatable bonds is 3. The van der Waals surface area contributed by atoms with Crippen molar-refractivity contribution >= 4 is 63.4 Å². The van der Waals surface area contributed by atoms with E-state index in [1.54, 1.807) is 0 Å². The molecule has 8 heteroatoms. The summed E-state index contributed by atoms with van der Waals surface area (Å²) in [5.74, 6) is 1.03. The Morgan fingerprint density at radius 2 is 1.48 bits per heavy atom. The third kappa shape index (κ3) is 7.01. The monoisotopic (exact) mass is 641 g/mol. The molecule has 3 heterocycles. The van der Waals surface area contributed by atoms with E-state index >= 15 is 0 Å². The zero-order chi connectivity index (χ0) is 30.6. The van der Waals surface area contributed by atoms with Gasteiger partial charge in [0, 0.05) is 63.8 Å². The van der Waals surface area contributed by atoms with Crippen LogP contribution < -0.4 is 5.32 Å². The Bertz CT molecular complexity index is 1710.